The molecule has 104 valence electrons. The average molecular weight is 268 g/mol. The molecule has 2 aromatic rings. The second-order valence-corrected chi connectivity index (χ2v) is 6.11. The van der Waals surface area contributed by atoms with E-state index in [1.165, 1.54) is 0 Å². The van der Waals surface area contributed by atoms with Crippen molar-refractivity contribution in [3.8, 4) is 11.1 Å². The van der Waals surface area contributed by atoms with Crippen LogP contribution in [0.5, 0.6) is 0 Å². The van der Waals surface area contributed by atoms with Crippen molar-refractivity contribution in [2.24, 2.45) is 5.41 Å². The van der Waals surface area contributed by atoms with Gasteiger partial charge in [-0.25, -0.2) is 0 Å². The third kappa shape index (κ3) is 4.19. The van der Waals surface area contributed by atoms with Gasteiger partial charge in [-0.1, -0.05) is 51.1 Å². The van der Waals surface area contributed by atoms with Crippen molar-refractivity contribution in [1.29, 1.82) is 0 Å². The molecular weight excluding hydrogens is 248 g/mol. The number of carbonyl (C=O) groups excluding carboxylic acids is 1. The van der Waals surface area contributed by atoms with Gasteiger partial charge < -0.3 is 5.32 Å². The topological polar surface area (TPSA) is 42.0 Å². The molecule has 0 saturated carbocycles. The first-order valence-electron chi connectivity index (χ1n) is 6.74. The molecule has 0 aliphatic rings. The van der Waals surface area contributed by atoms with Gasteiger partial charge in [0, 0.05) is 18.2 Å². The van der Waals surface area contributed by atoms with E-state index in [1.807, 2.05) is 57.2 Å². The first-order chi connectivity index (χ1) is 9.44. The largest absolute Gasteiger partial charge is 0.325 e. The second kappa shape index (κ2) is 5.87. The molecule has 0 spiro atoms. The van der Waals surface area contributed by atoms with Crippen LogP contribution in [0.2, 0.25) is 0 Å². The van der Waals surface area contributed by atoms with Crippen molar-refractivity contribution in [1.82, 2.24) is 4.98 Å². The standard InChI is InChI=1S/C17H20N2O/c1-17(2,3)10-16(20)19-15-9-14(11-18-12-15)13-7-5-4-6-8-13/h4-9,11-12H,10H2,1-3H3,(H,19,20). The predicted molar refractivity (Wildman–Crippen MR) is 82.4 cm³/mol. The third-order valence-electron chi connectivity index (χ3n) is 2.82. The van der Waals surface area contributed by atoms with Gasteiger partial charge in [0.05, 0.1) is 11.9 Å². The van der Waals surface area contributed by atoms with E-state index in [0.717, 1.165) is 16.8 Å². The van der Waals surface area contributed by atoms with Crippen molar-refractivity contribution in [2.45, 2.75) is 27.2 Å². The van der Waals surface area contributed by atoms with Crippen LogP contribution in [0.4, 0.5) is 5.69 Å². The van der Waals surface area contributed by atoms with Crippen LogP contribution in [0.25, 0.3) is 11.1 Å². The number of nitrogens with one attached hydrogen (secondary N) is 1. The van der Waals surface area contributed by atoms with E-state index >= 15 is 0 Å². The molecule has 1 N–H and O–H groups in total. The fraction of sp³-hybridized carbons (Fsp3) is 0.294. The van der Waals surface area contributed by atoms with E-state index in [1.54, 1.807) is 12.4 Å². The van der Waals surface area contributed by atoms with Gasteiger partial charge in [-0.3, -0.25) is 9.78 Å². The SMILES string of the molecule is CC(C)(C)CC(=O)Nc1cncc(-c2ccccc2)c1. The van der Waals surface area contributed by atoms with E-state index in [-0.39, 0.29) is 11.3 Å². The lowest BCUT2D eigenvalue weighted by Crippen LogP contribution is -2.19. The molecule has 0 aliphatic heterocycles. The van der Waals surface area contributed by atoms with E-state index in [0.29, 0.717) is 6.42 Å². The van der Waals surface area contributed by atoms with E-state index in [2.05, 4.69) is 10.3 Å². The highest BCUT2D eigenvalue weighted by atomic mass is 16.1. The Hall–Kier alpha value is -2.16. The molecule has 0 atom stereocenters. The highest BCUT2D eigenvalue weighted by molar-refractivity contribution is 5.91. The van der Waals surface area contributed by atoms with Crippen LogP contribution in [-0.4, -0.2) is 10.9 Å². The van der Waals surface area contributed by atoms with Crippen LogP contribution < -0.4 is 5.32 Å². The normalized spacial score (nSPS) is 11.2. The molecule has 0 saturated heterocycles. The molecule has 1 heterocycles. The monoisotopic (exact) mass is 268 g/mol. The van der Waals surface area contributed by atoms with Crippen LogP contribution >= 0.6 is 0 Å². The van der Waals surface area contributed by atoms with Crippen molar-refractivity contribution in [3.05, 3.63) is 48.8 Å². The van der Waals surface area contributed by atoms with Crippen LogP contribution in [0.15, 0.2) is 48.8 Å². The molecule has 2 rings (SSSR count). The van der Waals surface area contributed by atoms with Gasteiger partial charge in [0.1, 0.15) is 0 Å². The number of hydrogen-bond acceptors (Lipinski definition) is 2. The van der Waals surface area contributed by atoms with Crippen LogP contribution in [0, 0.1) is 5.41 Å². The summed E-state index contributed by atoms with van der Waals surface area (Å²) in [7, 11) is 0. The molecule has 0 unspecified atom stereocenters. The maximum Gasteiger partial charge on any atom is 0.224 e. The van der Waals surface area contributed by atoms with Gasteiger partial charge in [0.15, 0.2) is 0 Å². The first-order valence-corrected chi connectivity index (χ1v) is 6.74. The molecule has 20 heavy (non-hydrogen) atoms. The highest BCUT2D eigenvalue weighted by Gasteiger charge is 2.16. The zero-order chi connectivity index (χ0) is 14.6. The Kier molecular flexibility index (Phi) is 4.18. The molecule has 0 radical (unpaired) electrons. The molecule has 1 aromatic heterocycles. The lowest BCUT2D eigenvalue weighted by molar-refractivity contribution is -0.117. The number of rotatable bonds is 3. The smallest absolute Gasteiger partial charge is 0.224 e. The van der Waals surface area contributed by atoms with Gasteiger partial charge in [-0.2, -0.15) is 0 Å². The summed E-state index contributed by atoms with van der Waals surface area (Å²) in [5, 5.41) is 2.91. The zero-order valence-corrected chi connectivity index (χ0v) is 12.2. The summed E-state index contributed by atoms with van der Waals surface area (Å²) in [4.78, 5) is 16.1. The fourth-order valence-corrected chi connectivity index (χ4v) is 1.98. The summed E-state index contributed by atoms with van der Waals surface area (Å²) in [6, 6.07) is 11.9. The summed E-state index contributed by atoms with van der Waals surface area (Å²) in [5.41, 5.74) is 2.81. The Morgan fingerprint density at radius 3 is 2.45 bits per heavy atom. The summed E-state index contributed by atoms with van der Waals surface area (Å²) in [6.07, 6.45) is 3.96. The minimum Gasteiger partial charge on any atom is -0.325 e. The van der Waals surface area contributed by atoms with E-state index in [9.17, 15) is 4.79 Å². The van der Waals surface area contributed by atoms with E-state index < -0.39 is 0 Å². The number of amides is 1. The summed E-state index contributed by atoms with van der Waals surface area (Å²) < 4.78 is 0. The molecule has 3 nitrogen and oxygen atoms in total. The van der Waals surface area contributed by atoms with Gasteiger partial charge >= 0.3 is 0 Å². The summed E-state index contributed by atoms with van der Waals surface area (Å²) in [5.74, 6) is 0.0181. The fourth-order valence-electron chi connectivity index (χ4n) is 1.98. The van der Waals surface area contributed by atoms with Crippen molar-refractivity contribution in [2.75, 3.05) is 5.32 Å². The molecule has 0 bridgehead atoms. The number of anilines is 1. The molecule has 3 heteroatoms. The molecule has 1 amide bonds. The van der Waals surface area contributed by atoms with Gasteiger partial charge in [-0.15, -0.1) is 0 Å². The van der Waals surface area contributed by atoms with Crippen molar-refractivity contribution >= 4 is 11.6 Å². The number of nitrogens with zero attached hydrogens (tertiary/aromatic N) is 1. The quantitative estimate of drug-likeness (QED) is 0.909. The highest BCUT2D eigenvalue weighted by Crippen LogP contribution is 2.23. The number of carbonyl (C=O) groups is 1. The lowest BCUT2D eigenvalue weighted by atomic mass is 9.92. The number of aromatic nitrogens is 1. The van der Waals surface area contributed by atoms with Crippen LogP contribution in [0.1, 0.15) is 27.2 Å². The Labute approximate surface area is 120 Å². The predicted octanol–water partition coefficient (Wildman–Crippen LogP) is 4.12. The second-order valence-electron chi connectivity index (χ2n) is 6.11. The zero-order valence-electron chi connectivity index (χ0n) is 12.2. The van der Waals surface area contributed by atoms with Crippen molar-refractivity contribution < 1.29 is 4.79 Å². The summed E-state index contributed by atoms with van der Waals surface area (Å²) >= 11 is 0. The number of benzene rings is 1. The minimum absolute atomic E-state index is 0.0181. The van der Waals surface area contributed by atoms with Crippen LogP contribution in [-0.2, 0) is 4.79 Å². The Morgan fingerprint density at radius 1 is 1.10 bits per heavy atom. The average Bonchev–Trinajstić information content (AvgIpc) is 2.38. The van der Waals surface area contributed by atoms with Gasteiger partial charge in [-0.05, 0) is 17.0 Å². The molecular formula is C17H20N2O. The van der Waals surface area contributed by atoms with Gasteiger partial charge in [0.25, 0.3) is 0 Å². The van der Waals surface area contributed by atoms with Crippen molar-refractivity contribution in [3.63, 3.8) is 0 Å². The van der Waals surface area contributed by atoms with Gasteiger partial charge in [0.2, 0.25) is 5.91 Å². The molecule has 0 fully saturated rings. The Balaban J connectivity index is 2.13. The maximum atomic E-state index is 11.9. The summed E-state index contributed by atoms with van der Waals surface area (Å²) in [6.45, 7) is 6.14. The molecule has 0 aliphatic carbocycles. The Bertz CT molecular complexity index is 585. The molecule has 1 aromatic carbocycles. The lowest BCUT2D eigenvalue weighted by Gasteiger charge is -2.17. The number of hydrogen-bond donors (Lipinski definition) is 1. The van der Waals surface area contributed by atoms with E-state index in [4.69, 9.17) is 0 Å². The third-order valence-corrected chi connectivity index (χ3v) is 2.82. The minimum atomic E-state index is -0.0193. The van der Waals surface area contributed by atoms with Crippen LogP contribution in [0.3, 0.4) is 0 Å². The Morgan fingerprint density at radius 2 is 1.80 bits per heavy atom. The number of pyridine rings is 1. The first kappa shape index (κ1) is 14.3. The maximum absolute atomic E-state index is 11.9.